The Kier molecular flexibility index (Phi) is 19.4. The Bertz CT molecular complexity index is 647. The Morgan fingerprint density at radius 1 is 0.966 bits per heavy atom. The fraction of sp³-hybridized carbons (Fsp3) is 0.583. The second-order valence-electron chi connectivity index (χ2n) is 8.11. The first-order valence-electron chi connectivity index (χ1n) is 9.68. The van der Waals surface area contributed by atoms with E-state index in [1.807, 2.05) is 13.0 Å². The van der Waals surface area contributed by atoms with Gasteiger partial charge in [0.05, 0.1) is 0 Å². The van der Waals surface area contributed by atoms with Crippen molar-refractivity contribution in [2.45, 2.75) is 73.9 Å². The smallest absolute Gasteiger partial charge is 0.116 e. The van der Waals surface area contributed by atoms with Gasteiger partial charge in [0.2, 0.25) is 0 Å². The summed E-state index contributed by atoms with van der Waals surface area (Å²) in [6, 6.07) is 5.71. The van der Waals surface area contributed by atoms with Crippen LogP contribution in [-0.4, -0.2) is 25.5 Å². The molecule has 0 saturated carbocycles. The molecule has 164 valence electrons. The van der Waals surface area contributed by atoms with Gasteiger partial charge in [-0.3, -0.25) is 6.08 Å². The van der Waals surface area contributed by atoms with Gasteiger partial charge in [-0.25, -0.2) is 5.57 Å². The molecule has 29 heavy (non-hydrogen) atoms. The number of phenolic OH excluding ortho intramolecular Hbond substituents is 1. The first-order valence-corrected chi connectivity index (χ1v) is 14.5. The van der Waals surface area contributed by atoms with Gasteiger partial charge >= 0.3 is 38.5 Å². The van der Waals surface area contributed by atoms with Crippen molar-refractivity contribution in [2.24, 2.45) is 5.92 Å². The van der Waals surface area contributed by atoms with Crippen LogP contribution in [0.25, 0.3) is 0 Å². The maximum Gasteiger partial charge on any atom is 0.116 e. The molecule has 1 aliphatic carbocycles. The van der Waals surface area contributed by atoms with E-state index in [9.17, 15) is 5.11 Å². The van der Waals surface area contributed by atoms with E-state index in [0.29, 0.717) is 11.7 Å². The monoisotopic (exact) mass is 453 g/mol. The zero-order valence-corrected chi connectivity index (χ0v) is 23.1. The van der Waals surface area contributed by atoms with Crippen LogP contribution in [0, 0.1) is 18.9 Å². The molecule has 0 radical (unpaired) electrons. The van der Waals surface area contributed by atoms with Crippen LogP contribution in [0.15, 0.2) is 34.9 Å². The summed E-state index contributed by atoms with van der Waals surface area (Å²) in [7, 11) is 1.50. The predicted molar refractivity (Wildman–Crippen MR) is 121 cm³/mol. The average molecular weight is 454 g/mol. The van der Waals surface area contributed by atoms with Crippen LogP contribution in [0.5, 0.6) is 5.75 Å². The standard InChI is InChI=1S/C11H16O.C9H13.C2H6Si.2CH3O.Ti/c1-8-5-9(11(2,3)4)7-10(12)6-8;1-6-5-7(2)9(4)8(6)3;1-3-2;2*1-2;/h5-7,12H,1-4H3;6H,1-4H3;1-2H3;2*1H3;/q;-1;;2*-1;+2. The van der Waals surface area contributed by atoms with Crippen molar-refractivity contribution in [1.82, 2.24) is 0 Å². The molecule has 0 heterocycles. The third-order valence-electron chi connectivity index (χ3n) is 4.16. The van der Waals surface area contributed by atoms with E-state index in [1.165, 1.54) is 22.3 Å². The van der Waals surface area contributed by atoms with E-state index in [2.05, 4.69) is 92.9 Å². The van der Waals surface area contributed by atoms with Gasteiger partial charge in [-0.15, -0.1) is 6.92 Å². The number of phenols is 1. The summed E-state index contributed by atoms with van der Waals surface area (Å²) >= 11 is 2.27. The molecular weight excluding hydrogens is 412 g/mol. The number of hydrogen-bond donors (Lipinski definition) is 1. The minimum Gasteiger partial charge on any atom is -0.508 e. The molecule has 1 unspecified atom stereocenters. The maximum atomic E-state index is 9.36. The molecular formula is C24H41O3SiTi-. The molecule has 1 aromatic rings. The van der Waals surface area contributed by atoms with E-state index < -0.39 is 0 Å². The Balaban J connectivity index is -0.000000351. The summed E-state index contributed by atoms with van der Waals surface area (Å²) in [4.78, 5) is 0. The van der Waals surface area contributed by atoms with Crippen molar-refractivity contribution in [3.8, 4) is 5.75 Å². The van der Waals surface area contributed by atoms with Crippen LogP contribution in [0.3, 0.4) is 0 Å². The van der Waals surface area contributed by atoms with Crippen molar-refractivity contribution in [1.29, 1.82) is 0 Å². The average Bonchev–Trinajstić information content (AvgIpc) is 2.83. The summed E-state index contributed by atoms with van der Waals surface area (Å²) in [5.74, 6) is 0.921. The number of benzene rings is 1. The minimum absolute atomic E-state index is 0.115. The van der Waals surface area contributed by atoms with E-state index in [1.54, 1.807) is 6.07 Å². The molecule has 1 aliphatic rings. The van der Waals surface area contributed by atoms with Crippen LogP contribution in [0.4, 0.5) is 0 Å². The zero-order chi connectivity index (χ0) is 23.9. The van der Waals surface area contributed by atoms with Gasteiger partial charge in [0, 0.05) is 0 Å². The van der Waals surface area contributed by atoms with Gasteiger partial charge in [-0.2, -0.15) is 25.4 Å². The largest absolute Gasteiger partial charge is 0.508 e. The van der Waals surface area contributed by atoms with Gasteiger partial charge < -0.3 is 15.3 Å². The van der Waals surface area contributed by atoms with Crippen molar-refractivity contribution in [3.05, 3.63) is 52.1 Å². The molecule has 3 nitrogen and oxygen atoms in total. The maximum absolute atomic E-state index is 9.36. The Morgan fingerprint density at radius 2 is 1.38 bits per heavy atom. The van der Waals surface area contributed by atoms with Crippen LogP contribution >= 0.6 is 0 Å². The SMILES string of the molecule is CC1=[C-]C(C)C(C)=C1C.C[O-].C[O-].C[Si](C)=[Ti+2].Cc1cc(O)cc(C(C)(C)C)c1. The van der Waals surface area contributed by atoms with Gasteiger partial charge in [0.15, 0.2) is 0 Å². The zero-order valence-electron chi connectivity index (χ0n) is 20.6. The van der Waals surface area contributed by atoms with Gasteiger partial charge in [0.1, 0.15) is 5.75 Å². The minimum atomic E-state index is 0.115. The topological polar surface area (TPSA) is 66.3 Å². The second-order valence-corrected chi connectivity index (χ2v) is 14.8. The predicted octanol–water partition coefficient (Wildman–Crippen LogP) is 4.46. The molecule has 0 spiro atoms. The molecule has 0 saturated heterocycles. The quantitative estimate of drug-likeness (QED) is 0.466. The number of aromatic hydroxyl groups is 1. The Hall–Kier alpha value is -0.649. The molecule has 0 bridgehead atoms. The van der Waals surface area contributed by atoms with Crippen LogP contribution in [0.1, 0.15) is 59.6 Å². The summed E-state index contributed by atoms with van der Waals surface area (Å²) in [5.41, 5.74) is 6.65. The fourth-order valence-electron chi connectivity index (χ4n) is 2.36. The first kappa shape index (κ1) is 33.0. The summed E-state index contributed by atoms with van der Waals surface area (Å²) < 4.78 is 0. The van der Waals surface area contributed by atoms with Gasteiger partial charge in [-0.05, 0) is 35.6 Å². The normalized spacial score (nSPS) is 14.6. The molecule has 5 heteroatoms. The number of aryl methyl sites for hydroxylation is 1. The fourth-order valence-corrected chi connectivity index (χ4v) is 2.36. The van der Waals surface area contributed by atoms with Crippen molar-refractivity contribution in [3.63, 3.8) is 0 Å². The molecule has 0 aliphatic heterocycles. The van der Waals surface area contributed by atoms with Crippen LogP contribution < -0.4 is 10.2 Å². The summed E-state index contributed by atoms with van der Waals surface area (Å²) in [6.45, 7) is 21.6. The van der Waals surface area contributed by atoms with E-state index in [-0.39, 0.29) is 11.6 Å². The Morgan fingerprint density at radius 3 is 1.59 bits per heavy atom. The molecule has 1 aromatic carbocycles. The molecule has 0 fully saturated rings. The molecule has 1 N–H and O–H groups in total. The number of allylic oxidation sites excluding steroid dienone is 4. The molecule has 1 atom stereocenters. The van der Waals surface area contributed by atoms with Crippen molar-refractivity contribution in [2.75, 3.05) is 14.2 Å². The molecule has 0 aromatic heterocycles. The van der Waals surface area contributed by atoms with Crippen molar-refractivity contribution < 1.29 is 34.5 Å². The number of hydrogen-bond acceptors (Lipinski definition) is 3. The van der Waals surface area contributed by atoms with Crippen LogP contribution in [0.2, 0.25) is 13.1 Å². The van der Waals surface area contributed by atoms with E-state index in [4.69, 9.17) is 10.2 Å². The molecule has 2 rings (SSSR count). The van der Waals surface area contributed by atoms with Gasteiger partial charge in [0.25, 0.3) is 0 Å². The van der Waals surface area contributed by atoms with Crippen LogP contribution in [-0.2, 0) is 24.6 Å². The van der Waals surface area contributed by atoms with Crippen molar-refractivity contribution >= 4 is 6.19 Å². The molecule has 0 amide bonds. The van der Waals surface area contributed by atoms with E-state index >= 15 is 0 Å². The third kappa shape index (κ3) is 15.8. The summed E-state index contributed by atoms with van der Waals surface area (Å²) in [6.07, 6.45) is 3.48. The second kappa shape index (κ2) is 17.1. The van der Waals surface area contributed by atoms with E-state index in [0.717, 1.165) is 19.8 Å². The summed E-state index contributed by atoms with van der Waals surface area (Å²) in [5, 5.41) is 25.9. The third-order valence-corrected chi connectivity index (χ3v) is 4.16. The first-order chi connectivity index (χ1) is 13.3. The Labute approximate surface area is 192 Å². The number of rotatable bonds is 0. The van der Waals surface area contributed by atoms with Gasteiger partial charge in [-0.1, -0.05) is 53.5 Å².